The van der Waals surface area contributed by atoms with Gasteiger partial charge in [0.05, 0.1) is 13.3 Å². The molecular formula is C16H21N3O. The van der Waals surface area contributed by atoms with Crippen LogP contribution in [0.1, 0.15) is 30.5 Å². The normalized spacial score (nSPS) is 12.1. The Morgan fingerprint density at radius 1 is 1.20 bits per heavy atom. The lowest BCUT2D eigenvalue weighted by molar-refractivity contribution is 0.410. The van der Waals surface area contributed by atoms with E-state index in [4.69, 9.17) is 4.74 Å². The van der Waals surface area contributed by atoms with Crippen molar-refractivity contribution in [1.29, 1.82) is 0 Å². The number of nitrogens with zero attached hydrogens (tertiary/aromatic N) is 2. The van der Waals surface area contributed by atoms with Gasteiger partial charge < -0.3 is 10.1 Å². The van der Waals surface area contributed by atoms with Gasteiger partial charge in [-0.3, -0.25) is 9.97 Å². The van der Waals surface area contributed by atoms with Gasteiger partial charge in [-0.15, -0.1) is 0 Å². The van der Waals surface area contributed by atoms with Gasteiger partial charge in [-0.1, -0.05) is 6.92 Å². The molecule has 1 N–H and O–H groups in total. The number of aryl methyl sites for hydroxylation is 1. The smallest absolute Gasteiger partial charge is 0.137 e. The quantitative estimate of drug-likeness (QED) is 0.841. The van der Waals surface area contributed by atoms with E-state index < -0.39 is 0 Å². The molecule has 2 heterocycles. The predicted octanol–water partition coefficient (Wildman–Crippen LogP) is 2.77. The van der Waals surface area contributed by atoms with Crippen molar-refractivity contribution in [2.45, 2.75) is 25.8 Å². The first kappa shape index (κ1) is 14.5. The summed E-state index contributed by atoms with van der Waals surface area (Å²) in [5.74, 6) is 0.800. The molecule has 0 aliphatic carbocycles. The molecule has 1 unspecified atom stereocenters. The fraction of sp³-hybridized carbons (Fsp3) is 0.375. The molecule has 0 radical (unpaired) electrons. The second-order valence-corrected chi connectivity index (χ2v) is 4.66. The van der Waals surface area contributed by atoms with Crippen molar-refractivity contribution in [3.8, 4) is 5.75 Å². The second kappa shape index (κ2) is 7.60. The number of nitrogens with one attached hydrogen (secondary N) is 1. The van der Waals surface area contributed by atoms with Gasteiger partial charge in [-0.2, -0.15) is 0 Å². The summed E-state index contributed by atoms with van der Waals surface area (Å²) in [5.41, 5.74) is 2.47. The number of aromatic nitrogens is 2. The van der Waals surface area contributed by atoms with Gasteiger partial charge >= 0.3 is 0 Å². The average Bonchev–Trinajstić information content (AvgIpc) is 2.52. The Balaban J connectivity index is 2.06. The largest absolute Gasteiger partial charge is 0.495 e. The highest BCUT2D eigenvalue weighted by atomic mass is 16.5. The first-order chi connectivity index (χ1) is 9.83. The molecule has 2 aromatic heterocycles. The monoisotopic (exact) mass is 271 g/mol. The summed E-state index contributed by atoms with van der Waals surface area (Å²) in [6.45, 7) is 3.05. The molecular weight excluding hydrogens is 250 g/mol. The van der Waals surface area contributed by atoms with Gasteiger partial charge in [0.25, 0.3) is 0 Å². The Morgan fingerprint density at radius 3 is 2.70 bits per heavy atom. The molecule has 106 valence electrons. The standard InChI is InChI=1S/C16H21N3O/c1-3-19-16(5-4-13-6-8-17-9-7-13)14-10-15(20-2)12-18-11-14/h6-12,16,19H,3-5H2,1-2H3. The molecule has 20 heavy (non-hydrogen) atoms. The second-order valence-electron chi connectivity index (χ2n) is 4.66. The molecule has 2 aromatic rings. The summed E-state index contributed by atoms with van der Waals surface area (Å²) >= 11 is 0. The number of hydrogen-bond donors (Lipinski definition) is 1. The topological polar surface area (TPSA) is 47.0 Å². The maximum absolute atomic E-state index is 5.25. The fourth-order valence-corrected chi connectivity index (χ4v) is 2.23. The summed E-state index contributed by atoms with van der Waals surface area (Å²) in [4.78, 5) is 8.29. The minimum absolute atomic E-state index is 0.288. The van der Waals surface area contributed by atoms with Crippen molar-refractivity contribution in [3.05, 3.63) is 54.1 Å². The fourth-order valence-electron chi connectivity index (χ4n) is 2.23. The van der Waals surface area contributed by atoms with Gasteiger partial charge in [0, 0.05) is 24.6 Å². The number of methoxy groups -OCH3 is 1. The van der Waals surface area contributed by atoms with Crippen LogP contribution in [0.3, 0.4) is 0 Å². The summed E-state index contributed by atoms with van der Waals surface area (Å²) in [7, 11) is 1.67. The van der Waals surface area contributed by atoms with Crippen LogP contribution in [-0.4, -0.2) is 23.6 Å². The van der Waals surface area contributed by atoms with E-state index in [9.17, 15) is 0 Å². The Bertz CT molecular complexity index is 516. The summed E-state index contributed by atoms with van der Waals surface area (Å²) in [6, 6.07) is 6.46. The van der Waals surface area contributed by atoms with Crippen LogP contribution in [-0.2, 0) is 6.42 Å². The molecule has 0 saturated heterocycles. The Kier molecular flexibility index (Phi) is 5.50. The molecule has 0 bridgehead atoms. The molecule has 0 fully saturated rings. The van der Waals surface area contributed by atoms with Gasteiger partial charge in [-0.25, -0.2) is 0 Å². The maximum atomic E-state index is 5.25. The number of rotatable bonds is 7. The zero-order valence-corrected chi connectivity index (χ0v) is 12.0. The zero-order valence-electron chi connectivity index (χ0n) is 12.0. The van der Waals surface area contributed by atoms with Crippen molar-refractivity contribution in [1.82, 2.24) is 15.3 Å². The van der Waals surface area contributed by atoms with E-state index in [0.717, 1.165) is 25.1 Å². The van der Waals surface area contributed by atoms with Crippen LogP contribution >= 0.6 is 0 Å². The Hall–Kier alpha value is -1.94. The average molecular weight is 271 g/mol. The van der Waals surface area contributed by atoms with Crippen molar-refractivity contribution in [2.75, 3.05) is 13.7 Å². The van der Waals surface area contributed by atoms with Crippen molar-refractivity contribution in [3.63, 3.8) is 0 Å². The maximum Gasteiger partial charge on any atom is 0.137 e. The number of hydrogen-bond acceptors (Lipinski definition) is 4. The first-order valence-electron chi connectivity index (χ1n) is 6.94. The highest BCUT2D eigenvalue weighted by molar-refractivity contribution is 5.26. The van der Waals surface area contributed by atoms with Crippen LogP contribution in [0.25, 0.3) is 0 Å². The Labute approximate surface area is 120 Å². The zero-order chi connectivity index (χ0) is 14.2. The molecule has 0 saturated carbocycles. The van der Waals surface area contributed by atoms with Crippen LogP contribution < -0.4 is 10.1 Å². The van der Waals surface area contributed by atoms with Crippen LogP contribution in [0.2, 0.25) is 0 Å². The van der Waals surface area contributed by atoms with Gasteiger partial charge in [0.1, 0.15) is 5.75 Å². The summed E-state index contributed by atoms with van der Waals surface area (Å²) in [5, 5.41) is 3.51. The van der Waals surface area contributed by atoms with Crippen molar-refractivity contribution < 1.29 is 4.74 Å². The van der Waals surface area contributed by atoms with E-state index in [-0.39, 0.29) is 6.04 Å². The van der Waals surface area contributed by atoms with Crippen LogP contribution in [0.5, 0.6) is 5.75 Å². The van der Waals surface area contributed by atoms with E-state index in [1.54, 1.807) is 13.3 Å². The minimum atomic E-state index is 0.288. The third kappa shape index (κ3) is 4.03. The summed E-state index contributed by atoms with van der Waals surface area (Å²) in [6.07, 6.45) is 9.34. The molecule has 0 amide bonds. The molecule has 0 aliphatic heterocycles. The lowest BCUT2D eigenvalue weighted by Gasteiger charge is -2.18. The molecule has 2 rings (SSSR count). The third-order valence-corrected chi connectivity index (χ3v) is 3.29. The molecule has 0 aromatic carbocycles. The van der Waals surface area contributed by atoms with E-state index in [1.165, 1.54) is 11.1 Å². The van der Waals surface area contributed by atoms with Crippen LogP contribution in [0, 0.1) is 0 Å². The predicted molar refractivity (Wildman–Crippen MR) is 79.8 cm³/mol. The minimum Gasteiger partial charge on any atom is -0.495 e. The Morgan fingerprint density at radius 2 is 2.00 bits per heavy atom. The highest BCUT2D eigenvalue weighted by Gasteiger charge is 2.11. The van der Waals surface area contributed by atoms with Crippen molar-refractivity contribution in [2.24, 2.45) is 0 Å². The van der Waals surface area contributed by atoms with E-state index in [1.807, 2.05) is 24.7 Å². The highest BCUT2D eigenvalue weighted by Crippen LogP contribution is 2.21. The van der Waals surface area contributed by atoms with Gasteiger partial charge in [0.2, 0.25) is 0 Å². The number of pyridine rings is 2. The molecule has 4 heteroatoms. The molecule has 1 atom stereocenters. The molecule has 0 aliphatic rings. The van der Waals surface area contributed by atoms with Gasteiger partial charge in [0.15, 0.2) is 0 Å². The molecule has 4 nitrogen and oxygen atoms in total. The SMILES string of the molecule is CCNC(CCc1ccncc1)c1cncc(OC)c1. The summed E-state index contributed by atoms with van der Waals surface area (Å²) < 4.78 is 5.25. The number of ether oxygens (including phenoxy) is 1. The van der Waals surface area contributed by atoms with Gasteiger partial charge in [-0.05, 0) is 48.7 Å². The van der Waals surface area contributed by atoms with Crippen LogP contribution in [0.15, 0.2) is 43.0 Å². The van der Waals surface area contributed by atoms with Crippen molar-refractivity contribution >= 4 is 0 Å². The first-order valence-corrected chi connectivity index (χ1v) is 6.94. The van der Waals surface area contributed by atoms with E-state index >= 15 is 0 Å². The van der Waals surface area contributed by atoms with E-state index in [2.05, 4.69) is 34.3 Å². The third-order valence-electron chi connectivity index (χ3n) is 3.29. The van der Waals surface area contributed by atoms with E-state index in [0.29, 0.717) is 0 Å². The van der Waals surface area contributed by atoms with Crippen LogP contribution in [0.4, 0.5) is 0 Å². The lowest BCUT2D eigenvalue weighted by Crippen LogP contribution is -2.21. The lowest BCUT2D eigenvalue weighted by atomic mass is 10.0. The molecule has 0 spiro atoms.